The van der Waals surface area contributed by atoms with Crippen molar-refractivity contribution in [3.8, 4) is 44.9 Å². The highest BCUT2D eigenvalue weighted by molar-refractivity contribution is 6.13. The minimum Gasteiger partial charge on any atom is -0.457 e. The third-order valence-corrected chi connectivity index (χ3v) is 13.1. The lowest BCUT2D eigenvalue weighted by Gasteiger charge is -2.40. The molecule has 3 heteroatoms. The van der Waals surface area contributed by atoms with Gasteiger partial charge in [0.2, 0.25) is 0 Å². The maximum absolute atomic E-state index is 6.69. The van der Waals surface area contributed by atoms with Gasteiger partial charge >= 0.3 is 0 Å². The first-order chi connectivity index (χ1) is 30.7. The second-order valence-electron chi connectivity index (χ2n) is 16.4. The minimum absolute atomic E-state index is 0.582. The smallest absolute Gasteiger partial charge is 0.137 e. The van der Waals surface area contributed by atoms with Gasteiger partial charge in [0, 0.05) is 27.9 Å². The van der Waals surface area contributed by atoms with Gasteiger partial charge in [-0.1, -0.05) is 164 Å². The number of para-hydroxylation sites is 3. The van der Waals surface area contributed by atoms with Crippen LogP contribution in [0.5, 0.6) is 11.5 Å². The molecule has 0 atom stereocenters. The summed E-state index contributed by atoms with van der Waals surface area (Å²) in [5.74, 6) is 1.79. The van der Waals surface area contributed by atoms with Gasteiger partial charge in [-0.25, -0.2) is 0 Å². The average molecular weight is 792 g/mol. The van der Waals surface area contributed by atoms with Crippen molar-refractivity contribution in [3.05, 3.63) is 247 Å². The largest absolute Gasteiger partial charge is 0.457 e. The van der Waals surface area contributed by atoms with Crippen LogP contribution in [0.3, 0.4) is 0 Å². The quantitative estimate of drug-likeness (QED) is 0.174. The molecule has 13 rings (SSSR count). The fraction of sp³-hybridized carbons (Fsp3) is 0.0169. The molecule has 2 aliphatic rings. The first kappa shape index (κ1) is 34.7. The third-order valence-electron chi connectivity index (χ3n) is 13.1. The highest BCUT2D eigenvalue weighted by atomic mass is 16.5. The first-order valence-electron chi connectivity index (χ1n) is 21.2. The Kier molecular flexibility index (Phi) is 7.52. The summed E-state index contributed by atoms with van der Waals surface area (Å²) in [5, 5.41) is 4.68. The van der Waals surface area contributed by atoms with Gasteiger partial charge in [-0.05, 0) is 116 Å². The molecule has 0 amide bonds. The zero-order valence-electron chi connectivity index (χ0n) is 33.6. The van der Waals surface area contributed by atoms with Gasteiger partial charge < -0.3 is 14.1 Å². The molecule has 1 aliphatic carbocycles. The van der Waals surface area contributed by atoms with Crippen LogP contribution >= 0.6 is 0 Å². The van der Waals surface area contributed by atoms with Gasteiger partial charge in [0.25, 0.3) is 0 Å². The summed E-state index contributed by atoms with van der Waals surface area (Å²) in [6, 6.07) is 80.9. The van der Waals surface area contributed by atoms with Crippen molar-refractivity contribution in [2.45, 2.75) is 5.41 Å². The highest BCUT2D eigenvalue weighted by Gasteiger charge is 2.52. The van der Waals surface area contributed by atoms with Crippen molar-refractivity contribution < 1.29 is 9.15 Å². The van der Waals surface area contributed by atoms with E-state index in [0.29, 0.717) is 0 Å². The van der Waals surface area contributed by atoms with Crippen molar-refractivity contribution >= 4 is 49.8 Å². The molecule has 1 spiro atoms. The van der Waals surface area contributed by atoms with E-state index in [1.807, 2.05) is 12.1 Å². The summed E-state index contributed by atoms with van der Waals surface area (Å²) in [6.07, 6.45) is 0. The van der Waals surface area contributed by atoms with Crippen LogP contribution in [0.2, 0.25) is 0 Å². The van der Waals surface area contributed by atoms with Gasteiger partial charge in [0.05, 0.1) is 16.5 Å². The number of fused-ring (bicyclic) bond motifs is 14. The zero-order chi connectivity index (χ0) is 40.8. The number of hydrogen-bond donors (Lipinski definition) is 0. The maximum Gasteiger partial charge on any atom is 0.137 e. The summed E-state index contributed by atoms with van der Waals surface area (Å²) >= 11 is 0. The fourth-order valence-electron chi connectivity index (χ4n) is 10.5. The van der Waals surface area contributed by atoms with E-state index in [4.69, 9.17) is 9.15 Å². The zero-order valence-corrected chi connectivity index (χ0v) is 33.6. The monoisotopic (exact) mass is 791 g/mol. The van der Waals surface area contributed by atoms with Crippen LogP contribution in [-0.4, -0.2) is 0 Å². The van der Waals surface area contributed by atoms with Gasteiger partial charge in [-0.3, -0.25) is 0 Å². The summed E-state index contributed by atoms with van der Waals surface area (Å²) in [4.78, 5) is 2.36. The number of anilines is 3. The SMILES string of the molecule is c1ccc(-c2ccc(N(c3ccc(-c4ccc5c(c4)C4(c6ccccc6Oc6ccccc64)c4c-5ccc5ccccc45)cc3)c3cccc4oc5ccccc5c34)cc2)cc1. The van der Waals surface area contributed by atoms with E-state index >= 15 is 0 Å². The molecule has 0 unspecified atom stereocenters. The second-order valence-corrected chi connectivity index (χ2v) is 16.4. The molecular weight excluding hydrogens is 755 g/mol. The molecule has 0 N–H and O–H groups in total. The Hall–Kier alpha value is -8.14. The van der Waals surface area contributed by atoms with E-state index in [2.05, 4.69) is 217 Å². The standard InChI is InChI=1S/C59H37NO2/c1-2-13-38(14-3-1)39-25-31-43(32-26-39)60(52-20-12-24-56-57(52)48-17-6-9-21-53(48)61-56)44-33-27-40(28-34-44)42-30-35-46-47-36-29-41-15-4-5-16-45(41)58(47)59(51(46)37-42)49-18-7-10-22-54(49)62-55-23-11-8-19-50(55)59/h1-37H. The minimum atomic E-state index is -0.582. The molecule has 0 bridgehead atoms. The van der Waals surface area contributed by atoms with Crippen LogP contribution < -0.4 is 9.64 Å². The number of rotatable bonds is 5. The van der Waals surface area contributed by atoms with E-state index < -0.39 is 5.41 Å². The van der Waals surface area contributed by atoms with Crippen molar-refractivity contribution in [2.24, 2.45) is 0 Å². The summed E-state index contributed by atoms with van der Waals surface area (Å²) in [5.41, 5.74) is 16.5. The molecule has 0 fully saturated rings. The Morgan fingerprint density at radius 2 is 0.935 bits per heavy atom. The lowest BCUT2D eigenvalue weighted by molar-refractivity contribution is 0.437. The molecule has 10 aromatic carbocycles. The first-order valence-corrected chi connectivity index (χ1v) is 21.2. The molecule has 0 saturated heterocycles. The van der Waals surface area contributed by atoms with Crippen molar-refractivity contribution in [3.63, 3.8) is 0 Å². The summed E-state index contributed by atoms with van der Waals surface area (Å²) in [7, 11) is 0. The predicted molar refractivity (Wildman–Crippen MR) is 254 cm³/mol. The molecule has 62 heavy (non-hydrogen) atoms. The number of nitrogens with zero attached hydrogens (tertiary/aromatic N) is 1. The Morgan fingerprint density at radius 1 is 0.371 bits per heavy atom. The van der Waals surface area contributed by atoms with Gasteiger partial charge in [0.1, 0.15) is 22.7 Å². The second kappa shape index (κ2) is 13.4. The lowest BCUT2D eigenvalue weighted by Crippen LogP contribution is -2.32. The van der Waals surface area contributed by atoms with Crippen molar-refractivity contribution in [2.75, 3.05) is 4.90 Å². The predicted octanol–water partition coefficient (Wildman–Crippen LogP) is 16.0. The Morgan fingerprint density at radius 3 is 1.68 bits per heavy atom. The number of benzene rings is 10. The van der Waals surface area contributed by atoms with Crippen LogP contribution in [0.1, 0.15) is 22.3 Å². The van der Waals surface area contributed by atoms with Crippen LogP contribution in [0, 0.1) is 0 Å². The Balaban J connectivity index is 0.986. The number of ether oxygens (including phenoxy) is 1. The van der Waals surface area contributed by atoms with Crippen LogP contribution in [-0.2, 0) is 5.41 Å². The molecule has 290 valence electrons. The van der Waals surface area contributed by atoms with E-state index in [0.717, 1.165) is 72.8 Å². The van der Waals surface area contributed by atoms with Gasteiger partial charge in [0.15, 0.2) is 0 Å². The molecule has 0 saturated carbocycles. The fourth-order valence-corrected chi connectivity index (χ4v) is 10.5. The van der Waals surface area contributed by atoms with Crippen molar-refractivity contribution in [1.29, 1.82) is 0 Å². The molecule has 1 aromatic heterocycles. The topological polar surface area (TPSA) is 25.6 Å². The van der Waals surface area contributed by atoms with E-state index in [1.165, 1.54) is 44.2 Å². The van der Waals surface area contributed by atoms with Crippen LogP contribution in [0.15, 0.2) is 229 Å². The summed E-state index contributed by atoms with van der Waals surface area (Å²) < 4.78 is 13.1. The average Bonchev–Trinajstić information content (AvgIpc) is 3.87. The molecule has 1 aliphatic heterocycles. The molecule has 2 heterocycles. The lowest BCUT2D eigenvalue weighted by atomic mass is 9.65. The van der Waals surface area contributed by atoms with Crippen molar-refractivity contribution in [1.82, 2.24) is 0 Å². The molecule has 11 aromatic rings. The van der Waals surface area contributed by atoms with E-state index in [1.54, 1.807) is 0 Å². The number of hydrogen-bond acceptors (Lipinski definition) is 3. The van der Waals surface area contributed by atoms with Crippen LogP contribution in [0.4, 0.5) is 17.1 Å². The van der Waals surface area contributed by atoms with E-state index in [9.17, 15) is 0 Å². The Labute approximate surface area is 359 Å². The molecular formula is C59H37NO2. The normalized spacial score (nSPS) is 13.1. The van der Waals surface area contributed by atoms with E-state index in [-0.39, 0.29) is 0 Å². The Bertz CT molecular complexity index is 3500. The number of furan rings is 1. The molecule has 3 nitrogen and oxygen atoms in total. The third kappa shape index (κ3) is 5.00. The maximum atomic E-state index is 6.69. The van der Waals surface area contributed by atoms with Crippen LogP contribution in [0.25, 0.3) is 66.1 Å². The van der Waals surface area contributed by atoms with Gasteiger partial charge in [-0.2, -0.15) is 0 Å². The summed E-state index contributed by atoms with van der Waals surface area (Å²) in [6.45, 7) is 0. The van der Waals surface area contributed by atoms with Gasteiger partial charge in [-0.15, -0.1) is 0 Å². The molecule has 0 radical (unpaired) electrons. The highest BCUT2D eigenvalue weighted by Crippen LogP contribution is 2.63.